The minimum absolute atomic E-state index is 0.197. The third kappa shape index (κ3) is 4.40. The van der Waals surface area contributed by atoms with Gasteiger partial charge in [0.05, 0.1) is 12.6 Å². The van der Waals surface area contributed by atoms with Crippen molar-refractivity contribution < 1.29 is 9.53 Å². The van der Waals surface area contributed by atoms with Crippen molar-refractivity contribution in [3.05, 3.63) is 35.9 Å². The summed E-state index contributed by atoms with van der Waals surface area (Å²) < 4.78 is 5.14. The fraction of sp³-hybridized carbons (Fsp3) is 0.533. The van der Waals surface area contributed by atoms with Crippen molar-refractivity contribution in [2.45, 2.75) is 44.6 Å². The van der Waals surface area contributed by atoms with Crippen LogP contribution in [-0.4, -0.2) is 18.7 Å². The second kappa shape index (κ2) is 7.04. The van der Waals surface area contributed by atoms with Gasteiger partial charge in [0.1, 0.15) is 0 Å². The lowest BCUT2D eigenvalue weighted by atomic mass is 9.96. The highest BCUT2D eigenvalue weighted by Crippen LogP contribution is 2.18. The molecule has 0 bridgehead atoms. The first-order chi connectivity index (χ1) is 8.84. The number of benzene rings is 1. The van der Waals surface area contributed by atoms with Crippen molar-refractivity contribution in [3.8, 4) is 0 Å². The first-order valence-electron chi connectivity index (χ1n) is 6.76. The number of carbonyl (C=O) groups excluding carboxylic acids is 1. The zero-order valence-corrected chi connectivity index (χ0v) is 10.7. The molecule has 0 spiro atoms. The predicted octanol–water partition coefficient (Wildman–Crippen LogP) is 3.30. The van der Waals surface area contributed by atoms with Gasteiger partial charge in [0.2, 0.25) is 0 Å². The van der Waals surface area contributed by atoms with Gasteiger partial charge in [0, 0.05) is 6.42 Å². The maximum absolute atomic E-state index is 11.5. The summed E-state index contributed by atoms with van der Waals surface area (Å²) in [7, 11) is 0. The van der Waals surface area contributed by atoms with Gasteiger partial charge in [-0.1, -0.05) is 49.6 Å². The molecule has 18 heavy (non-hydrogen) atoms. The molecule has 1 amide bonds. The van der Waals surface area contributed by atoms with E-state index in [4.69, 9.17) is 4.74 Å². The van der Waals surface area contributed by atoms with Crippen LogP contribution in [0.3, 0.4) is 0 Å². The Bertz CT molecular complexity index is 358. The number of rotatable bonds is 4. The van der Waals surface area contributed by atoms with E-state index in [0.29, 0.717) is 6.61 Å². The molecule has 0 heterocycles. The fourth-order valence-electron chi connectivity index (χ4n) is 2.30. The second-order valence-corrected chi connectivity index (χ2v) is 4.77. The molecule has 0 aliphatic heterocycles. The van der Waals surface area contributed by atoms with Crippen LogP contribution in [0.2, 0.25) is 0 Å². The van der Waals surface area contributed by atoms with Crippen LogP contribution >= 0.6 is 0 Å². The standard InChI is InChI=1S/C15H20NO2/c17-15(16-14-9-5-2-6-10-14)18-12-11-13-7-3-1-4-8-13/h1,3-4,7-8,14H,2,5-6,9-12H2. The zero-order chi connectivity index (χ0) is 12.6. The Balaban J connectivity index is 1.62. The molecule has 0 unspecified atom stereocenters. The summed E-state index contributed by atoms with van der Waals surface area (Å²) >= 11 is 0. The van der Waals surface area contributed by atoms with Gasteiger partial charge < -0.3 is 4.74 Å². The van der Waals surface area contributed by atoms with Crippen molar-refractivity contribution >= 4 is 6.09 Å². The van der Waals surface area contributed by atoms with Crippen LogP contribution in [0.15, 0.2) is 30.3 Å². The summed E-state index contributed by atoms with van der Waals surface area (Å²) in [4.78, 5) is 11.5. The van der Waals surface area contributed by atoms with Gasteiger partial charge in [-0.3, -0.25) is 0 Å². The van der Waals surface area contributed by atoms with Crippen LogP contribution in [0.5, 0.6) is 0 Å². The lowest BCUT2D eigenvalue weighted by molar-refractivity contribution is 0.139. The van der Waals surface area contributed by atoms with E-state index >= 15 is 0 Å². The molecule has 1 aromatic carbocycles. The van der Waals surface area contributed by atoms with Gasteiger partial charge in [-0.2, -0.15) is 0 Å². The van der Waals surface area contributed by atoms with E-state index in [1.54, 1.807) is 0 Å². The van der Waals surface area contributed by atoms with Crippen LogP contribution in [0, 0.1) is 0 Å². The average Bonchev–Trinajstić information content (AvgIpc) is 2.41. The highest BCUT2D eigenvalue weighted by Gasteiger charge is 2.18. The van der Waals surface area contributed by atoms with Gasteiger partial charge in [0.15, 0.2) is 0 Å². The summed E-state index contributed by atoms with van der Waals surface area (Å²) in [6.07, 6.45) is 6.08. The minimum Gasteiger partial charge on any atom is -0.448 e. The van der Waals surface area contributed by atoms with Crippen molar-refractivity contribution in [1.29, 1.82) is 0 Å². The molecule has 1 aliphatic rings. The maximum Gasteiger partial charge on any atom is 0.429 e. The molecule has 97 valence electrons. The first-order valence-corrected chi connectivity index (χ1v) is 6.76. The Morgan fingerprint density at radius 2 is 1.89 bits per heavy atom. The minimum atomic E-state index is -0.391. The molecule has 3 heteroatoms. The lowest BCUT2D eigenvalue weighted by Gasteiger charge is -2.19. The molecule has 0 saturated heterocycles. The Kier molecular flexibility index (Phi) is 5.06. The van der Waals surface area contributed by atoms with Crippen molar-refractivity contribution in [1.82, 2.24) is 5.32 Å². The Labute approximate surface area is 109 Å². The molecular weight excluding hydrogens is 226 g/mol. The summed E-state index contributed by atoms with van der Waals surface area (Å²) in [5.74, 6) is 0. The van der Waals surface area contributed by atoms with Gasteiger partial charge in [0.25, 0.3) is 0 Å². The Hall–Kier alpha value is -1.51. The summed E-state index contributed by atoms with van der Waals surface area (Å²) in [6, 6.07) is 10.2. The molecule has 1 aromatic rings. The van der Waals surface area contributed by atoms with Crippen molar-refractivity contribution in [2.24, 2.45) is 0 Å². The largest absolute Gasteiger partial charge is 0.448 e. The van der Waals surface area contributed by atoms with E-state index in [2.05, 4.69) is 5.32 Å². The number of ether oxygens (including phenoxy) is 1. The van der Waals surface area contributed by atoms with Crippen molar-refractivity contribution in [2.75, 3.05) is 6.61 Å². The molecule has 1 aliphatic carbocycles. The van der Waals surface area contributed by atoms with Crippen LogP contribution in [-0.2, 0) is 11.2 Å². The van der Waals surface area contributed by atoms with E-state index in [1.165, 1.54) is 24.8 Å². The van der Waals surface area contributed by atoms with E-state index < -0.39 is 6.09 Å². The Morgan fingerprint density at radius 3 is 2.61 bits per heavy atom. The van der Waals surface area contributed by atoms with Gasteiger partial charge >= 0.3 is 6.09 Å². The van der Waals surface area contributed by atoms with Crippen LogP contribution in [0.25, 0.3) is 0 Å². The molecule has 0 atom stereocenters. The normalized spacial score (nSPS) is 16.2. The third-order valence-electron chi connectivity index (χ3n) is 3.32. The topological polar surface area (TPSA) is 40.4 Å². The average molecular weight is 246 g/mol. The highest BCUT2D eigenvalue weighted by molar-refractivity contribution is 5.67. The molecule has 0 aromatic heterocycles. The van der Waals surface area contributed by atoms with E-state index in [0.717, 1.165) is 19.3 Å². The molecule has 0 N–H and O–H groups in total. The third-order valence-corrected chi connectivity index (χ3v) is 3.32. The number of hydrogen-bond donors (Lipinski definition) is 0. The molecule has 3 nitrogen and oxygen atoms in total. The summed E-state index contributed by atoms with van der Waals surface area (Å²) in [5.41, 5.74) is 1.18. The summed E-state index contributed by atoms with van der Waals surface area (Å²) in [5, 5.41) is 4.11. The second-order valence-electron chi connectivity index (χ2n) is 4.77. The molecule has 1 saturated carbocycles. The van der Waals surface area contributed by atoms with Crippen LogP contribution in [0.1, 0.15) is 37.7 Å². The van der Waals surface area contributed by atoms with E-state index in [1.807, 2.05) is 30.3 Å². The fourth-order valence-corrected chi connectivity index (χ4v) is 2.30. The molecule has 1 fully saturated rings. The first kappa shape index (κ1) is 12.9. The highest BCUT2D eigenvalue weighted by atomic mass is 16.5. The van der Waals surface area contributed by atoms with E-state index in [9.17, 15) is 4.79 Å². The number of nitrogens with zero attached hydrogens (tertiary/aromatic N) is 1. The number of hydrogen-bond acceptors (Lipinski definition) is 2. The van der Waals surface area contributed by atoms with Crippen LogP contribution in [0.4, 0.5) is 4.79 Å². The van der Waals surface area contributed by atoms with Crippen LogP contribution < -0.4 is 5.32 Å². The molecule has 1 radical (unpaired) electrons. The van der Waals surface area contributed by atoms with Gasteiger partial charge in [-0.15, -0.1) is 0 Å². The summed E-state index contributed by atoms with van der Waals surface area (Å²) in [6.45, 7) is 0.416. The van der Waals surface area contributed by atoms with Gasteiger partial charge in [-0.25, -0.2) is 10.1 Å². The maximum atomic E-state index is 11.5. The zero-order valence-electron chi connectivity index (χ0n) is 10.7. The number of carbonyl (C=O) groups is 1. The van der Waals surface area contributed by atoms with E-state index in [-0.39, 0.29) is 6.04 Å². The van der Waals surface area contributed by atoms with Crippen molar-refractivity contribution in [3.63, 3.8) is 0 Å². The lowest BCUT2D eigenvalue weighted by Crippen LogP contribution is -2.30. The quantitative estimate of drug-likeness (QED) is 0.817. The predicted molar refractivity (Wildman–Crippen MR) is 70.5 cm³/mol. The number of amides is 1. The van der Waals surface area contributed by atoms with Gasteiger partial charge in [-0.05, 0) is 18.4 Å². The molecular formula is C15H20NO2. The molecule has 2 rings (SSSR count). The smallest absolute Gasteiger partial charge is 0.429 e. The monoisotopic (exact) mass is 246 g/mol. The Morgan fingerprint density at radius 1 is 1.17 bits per heavy atom. The SMILES string of the molecule is O=C([N]C1CCCCC1)OCCc1ccccc1.